The molecule has 0 atom stereocenters. The van der Waals surface area contributed by atoms with Gasteiger partial charge in [0.05, 0.1) is 24.6 Å². The van der Waals surface area contributed by atoms with Gasteiger partial charge in [0.25, 0.3) is 5.91 Å². The Morgan fingerprint density at radius 1 is 1.19 bits per heavy atom. The van der Waals surface area contributed by atoms with E-state index in [0.29, 0.717) is 16.3 Å². The second-order valence-electron chi connectivity index (χ2n) is 5.64. The van der Waals surface area contributed by atoms with Crippen LogP contribution in [0.1, 0.15) is 21.6 Å². The van der Waals surface area contributed by atoms with Crippen molar-refractivity contribution in [3.8, 4) is 11.4 Å². The number of benzene rings is 2. The first kappa shape index (κ1) is 17.8. The van der Waals surface area contributed by atoms with Crippen LogP contribution in [0.15, 0.2) is 65.9 Å². The number of aromatic nitrogens is 1. The molecule has 0 aliphatic carbocycles. The maximum absolute atomic E-state index is 12.3. The number of aryl methyl sites for hydroxylation is 1. The third-order valence-corrected chi connectivity index (χ3v) is 4.34. The summed E-state index contributed by atoms with van der Waals surface area (Å²) in [7, 11) is 1.52. The van der Waals surface area contributed by atoms with E-state index in [9.17, 15) is 4.79 Å². The van der Waals surface area contributed by atoms with Crippen molar-refractivity contribution in [3.05, 3.63) is 82.6 Å². The molecule has 2 aromatic carbocycles. The summed E-state index contributed by atoms with van der Waals surface area (Å²) in [5.41, 5.74) is 5.69. The number of amides is 1. The molecule has 132 valence electrons. The van der Waals surface area contributed by atoms with Crippen molar-refractivity contribution in [2.45, 2.75) is 6.92 Å². The zero-order valence-electron chi connectivity index (χ0n) is 14.4. The van der Waals surface area contributed by atoms with Crippen LogP contribution in [0.25, 0.3) is 5.69 Å². The molecule has 0 saturated carbocycles. The Bertz CT molecular complexity index is 963. The van der Waals surface area contributed by atoms with Gasteiger partial charge >= 0.3 is 0 Å². The standard InChI is InChI=1S/C20H18ClN3O2/c1-14-9-10-15(12-18(14)21)24-11-5-6-16(24)13-22-23-20(25)17-7-3-4-8-19(17)26-2/h3-13H,1-2H3,(H,23,25)/b22-13-. The van der Waals surface area contributed by atoms with E-state index < -0.39 is 0 Å². The quantitative estimate of drug-likeness (QED) is 0.542. The number of hydrazone groups is 1. The van der Waals surface area contributed by atoms with Gasteiger partial charge in [0, 0.05) is 16.9 Å². The molecule has 1 aromatic heterocycles. The van der Waals surface area contributed by atoms with Crippen molar-refractivity contribution in [2.24, 2.45) is 5.10 Å². The molecule has 0 radical (unpaired) electrons. The molecule has 0 unspecified atom stereocenters. The molecular weight excluding hydrogens is 350 g/mol. The van der Waals surface area contributed by atoms with Gasteiger partial charge in [-0.15, -0.1) is 0 Å². The van der Waals surface area contributed by atoms with Crippen LogP contribution in [0.5, 0.6) is 5.75 Å². The van der Waals surface area contributed by atoms with Crippen LogP contribution < -0.4 is 10.2 Å². The highest BCUT2D eigenvalue weighted by atomic mass is 35.5. The fourth-order valence-corrected chi connectivity index (χ4v) is 2.69. The summed E-state index contributed by atoms with van der Waals surface area (Å²) in [6, 6.07) is 16.6. The van der Waals surface area contributed by atoms with Gasteiger partial charge in [-0.05, 0) is 48.9 Å². The number of ether oxygens (including phenoxy) is 1. The summed E-state index contributed by atoms with van der Waals surface area (Å²) in [5.74, 6) is 0.160. The number of para-hydroxylation sites is 1. The molecule has 0 fully saturated rings. The molecule has 3 aromatic rings. The highest BCUT2D eigenvalue weighted by Crippen LogP contribution is 2.21. The highest BCUT2D eigenvalue weighted by molar-refractivity contribution is 6.31. The normalized spacial score (nSPS) is 10.9. The number of rotatable bonds is 5. The number of hydrogen-bond acceptors (Lipinski definition) is 3. The van der Waals surface area contributed by atoms with Gasteiger partial charge < -0.3 is 9.30 Å². The summed E-state index contributed by atoms with van der Waals surface area (Å²) in [6.07, 6.45) is 3.49. The van der Waals surface area contributed by atoms with Crippen LogP contribution in [0.2, 0.25) is 5.02 Å². The molecule has 6 heteroatoms. The maximum atomic E-state index is 12.3. The molecule has 0 bridgehead atoms. The van der Waals surface area contributed by atoms with Gasteiger partial charge in [-0.25, -0.2) is 5.43 Å². The number of nitrogens with one attached hydrogen (secondary N) is 1. The van der Waals surface area contributed by atoms with Crippen molar-refractivity contribution >= 4 is 23.7 Å². The van der Waals surface area contributed by atoms with Crippen molar-refractivity contribution in [2.75, 3.05) is 7.11 Å². The Hall–Kier alpha value is -3.05. The molecular formula is C20H18ClN3O2. The monoisotopic (exact) mass is 367 g/mol. The van der Waals surface area contributed by atoms with Gasteiger partial charge in [0.2, 0.25) is 0 Å². The van der Waals surface area contributed by atoms with E-state index >= 15 is 0 Å². The molecule has 26 heavy (non-hydrogen) atoms. The van der Waals surface area contributed by atoms with Crippen LogP contribution in [-0.2, 0) is 0 Å². The van der Waals surface area contributed by atoms with Crippen molar-refractivity contribution < 1.29 is 9.53 Å². The number of carbonyl (C=O) groups is 1. The Kier molecular flexibility index (Phi) is 5.39. The average Bonchev–Trinajstić information content (AvgIpc) is 3.12. The number of hydrogen-bond donors (Lipinski definition) is 1. The summed E-state index contributed by atoms with van der Waals surface area (Å²) < 4.78 is 7.12. The van der Waals surface area contributed by atoms with Gasteiger partial charge in [-0.2, -0.15) is 5.10 Å². The van der Waals surface area contributed by atoms with E-state index in [2.05, 4.69) is 10.5 Å². The zero-order chi connectivity index (χ0) is 18.5. The number of methoxy groups -OCH3 is 1. The van der Waals surface area contributed by atoms with Crippen molar-refractivity contribution in [3.63, 3.8) is 0 Å². The zero-order valence-corrected chi connectivity index (χ0v) is 15.2. The second-order valence-corrected chi connectivity index (χ2v) is 6.04. The van der Waals surface area contributed by atoms with E-state index in [4.69, 9.17) is 16.3 Å². The molecule has 1 N–H and O–H groups in total. The van der Waals surface area contributed by atoms with E-state index in [1.807, 2.05) is 48.0 Å². The first-order valence-electron chi connectivity index (χ1n) is 8.00. The van der Waals surface area contributed by atoms with Crippen LogP contribution in [0, 0.1) is 6.92 Å². The minimum Gasteiger partial charge on any atom is -0.496 e. The minimum absolute atomic E-state index is 0.338. The Balaban J connectivity index is 1.77. The van der Waals surface area contributed by atoms with Crippen molar-refractivity contribution in [1.82, 2.24) is 9.99 Å². The predicted molar refractivity (Wildman–Crippen MR) is 104 cm³/mol. The highest BCUT2D eigenvalue weighted by Gasteiger charge is 2.10. The van der Waals surface area contributed by atoms with Crippen LogP contribution in [0.3, 0.4) is 0 Å². The topological polar surface area (TPSA) is 55.6 Å². The SMILES string of the molecule is COc1ccccc1C(=O)N/N=C\c1cccn1-c1ccc(C)c(Cl)c1. The van der Waals surface area contributed by atoms with Crippen molar-refractivity contribution in [1.29, 1.82) is 0 Å². The summed E-state index contributed by atoms with van der Waals surface area (Å²) >= 11 is 6.21. The first-order chi connectivity index (χ1) is 12.6. The fourth-order valence-electron chi connectivity index (χ4n) is 2.52. The molecule has 0 spiro atoms. The lowest BCUT2D eigenvalue weighted by Crippen LogP contribution is -2.18. The third kappa shape index (κ3) is 3.78. The smallest absolute Gasteiger partial charge is 0.275 e. The third-order valence-electron chi connectivity index (χ3n) is 3.93. The predicted octanol–water partition coefficient (Wildman–Crippen LogP) is 4.21. The molecule has 1 amide bonds. The van der Waals surface area contributed by atoms with Crippen LogP contribution in [-0.4, -0.2) is 23.8 Å². The average molecular weight is 368 g/mol. The Morgan fingerprint density at radius 2 is 2.00 bits per heavy atom. The number of carbonyl (C=O) groups excluding carboxylic acids is 1. The van der Waals surface area contributed by atoms with E-state index in [1.54, 1.807) is 30.5 Å². The molecule has 0 aliphatic rings. The molecule has 0 saturated heterocycles. The van der Waals surface area contributed by atoms with Gasteiger partial charge in [-0.1, -0.05) is 29.8 Å². The van der Waals surface area contributed by atoms with Gasteiger partial charge in [0.1, 0.15) is 5.75 Å². The fraction of sp³-hybridized carbons (Fsp3) is 0.100. The van der Waals surface area contributed by atoms with Crippen LogP contribution in [0.4, 0.5) is 0 Å². The van der Waals surface area contributed by atoms with E-state index in [-0.39, 0.29) is 5.91 Å². The Morgan fingerprint density at radius 3 is 2.77 bits per heavy atom. The lowest BCUT2D eigenvalue weighted by molar-refractivity contribution is 0.0952. The minimum atomic E-state index is -0.338. The Labute approximate surface area is 156 Å². The largest absolute Gasteiger partial charge is 0.496 e. The maximum Gasteiger partial charge on any atom is 0.275 e. The van der Waals surface area contributed by atoms with Gasteiger partial charge in [-0.3, -0.25) is 4.79 Å². The van der Waals surface area contributed by atoms with E-state index in [1.165, 1.54) is 7.11 Å². The van der Waals surface area contributed by atoms with Gasteiger partial charge in [0.15, 0.2) is 0 Å². The summed E-state index contributed by atoms with van der Waals surface area (Å²) in [5, 5.41) is 4.76. The molecule has 1 heterocycles. The second kappa shape index (κ2) is 7.89. The lowest BCUT2D eigenvalue weighted by Gasteiger charge is -2.08. The number of nitrogens with zero attached hydrogens (tertiary/aromatic N) is 2. The summed E-state index contributed by atoms with van der Waals surface area (Å²) in [4.78, 5) is 12.3. The lowest BCUT2D eigenvalue weighted by atomic mass is 10.2. The number of halogens is 1. The molecule has 0 aliphatic heterocycles. The van der Waals surface area contributed by atoms with Crippen LogP contribution >= 0.6 is 11.6 Å². The van der Waals surface area contributed by atoms with E-state index in [0.717, 1.165) is 16.9 Å². The molecule has 3 rings (SSSR count). The summed E-state index contributed by atoms with van der Waals surface area (Å²) in [6.45, 7) is 1.96. The first-order valence-corrected chi connectivity index (χ1v) is 8.38. The molecule has 5 nitrogen and oxygen atoms in total.